The van der Waals surface area contributed by atoms with E-state index >= 15 is 0 Å². The van der Waals surface area contributed by atoms with Gasteiger partial charge in [-0.25, -0.2) is 4.79 Å². The van der Waals surface area contributed by atoms with Crippen LogP contribution in [0.3, 0.4) is 0 Å². The average molecular weight is 420 g/mol. The highest BCUT2D eigenvalue weighted by Gasteiger charge is 2.33. The van der Waals surface area contributed by atoms with Crippen molar-refractivity contribution in [3.63, 3.8) is 0 Å². The van der Waals surface area contributed by atoms with Gasteiger partial charge in [0.2, 0.25) is 11.8 Å². The number of likely N-dealkylation sites (N-methyl/N-ethyl adjacent to an activating group) is 2. The Morgan fingerprint density at radius 2 is 1.59 bits per heavy atom. The maximum atomic E-state index is 12.3. The molecule has 2 unspecified atom stereocenters. The standard InChI is InChI=1S/C18H29N5O6/c1-12-10-22(3)13(11-21(12)2)18(28)20-8-6-14(24)19-9-7-17(27)29-23-15(25)4-5-16(23)26/h12-13H,4-11H2,1-3H3,(H,19,24)(H,20,28)/i6+1,7+1,8+1,9+1,14+1,17+1,18+1,19+1,20+1. The molecule has 2 aliphatic heterocycles. The molecule has 0 bridgehead atoms. The monoisotopic (exact) mass is 420 g/mol. The van der Waals surface area contributed by atoms with Crippen molar-refractivity contribution in [3.8, 4) is 0 Å². The summed E-state index contributed by atoms with van der Waals surface area (Å²) in [5, 5.41) is 5.77. The fourth-order valence-corrected chi connectivity index (χ4v) is 3.17. The molecule has 0 saturated carbocycles. The number of piperazine rings is 1. The lowest BCUT2D eigenvalue weighted by molar-refractivity contribution is -0.197. The third-order valence-electron chi connectivity index (χ3n) is 5.10. The minimum absolute atomic E-state index is 0.00980. The highest BCUT2D eigenvalue weighted by Crippen LogP contribution is 2.13. The van der Waals surface area contributed by atoms with Gasteiger partial charge < -0.3 is 20.4 Å². The molecule has 2 N–H and O–H groups in total. The minimum Gasteiger partial charge on any atom is -0.355 e. The number of imide groups is 1. The van der Waals surface area contributed by atoms with Crippen molar-refractivity contribution in [2.45, 2.75) is 44.7 Å². The van der Waals surface area contributed by atoms with Crippen LogP contribution in [0.5, 0.6) is 0 Å². The second-order valence-corrected chi connectivity index (χ2v) is 7.43. The summed E-state index contributed by atoms with van der Waals surface area (Å²) in [4.78, 5) is 67.4. The molecule has 0 spiro atoms. The molecular formula is C18H29N5O6. The van der Waals surface area contributed by atoms with E-state index in [-0.39, 0.29) is 56.6 Å². The van der Waals surface area contributed by atoms with Crippen LogP contribution >= 0.6 is 0 Å². The summed E-state index contributed by atoms with van der Waals surface area (Å²) < 4.78 is 0. The summed E-state index contributed by atoms with van der Waals surface area (Å²) >= 11 is 0. The summed E-state index contributed by atoms with van der Waals surface area (Å²) in [7, 11) is 3.88. The topological polar surface area (TPSA) is 128 Å². The molecule has 0 aromatic carbocycles. The second kappa shape index (κ2) is 10.3. The van der Waals surface area contributed by atoms with Gasteiger partial charge in [0.1, 0.15) is 6.04 Å². The van der Waals surface area contributed by atoms with Crippen LogP contribution in [0.15, 0.2) is 0 Å². The van der Waals surface area contributed by atoms with Gasteiger partial charge in [-0.15, -0.1) is 5.06 Å². The number of hydroxylamine groups is 2. The van der Waals surface area contributed by atoms with E-state index in [0.717, 1.165) is 6.54 Å². The van der Waals surface area contributed by atoms with E-state index in [4.69, 9.17) is 4.84 Å². The van der Waals surface area contributed by atoms with Crippen LogP contribution in [0.4, 0.5) is 0 Å². The number of nitrogens with one attached hydrogen (secondary N) is 2. The van der Waals surface area contributed by atoms with Gasteiger partial charge in [0, 0.05) is 51.5 Å². The van der Waals surface area contributed by atoms with Crippen molar-refractivity contribution in [1.82, 2.24) is 25.5 Å². The zero-order valence-corrected chi connectivity index (χ0v) is 17.1. The van der Waals surface area contributed by atoms with Gasteiger partial charge in [0.05, 0.1) is 6.42 Å². The molecule has 0 aromatic heterocycles. The van der Waals surface area contributed by atoms with Crippen LogP contribution in [0.25, 0.3) is 0 Å². The van der Waals surface area contributed by atoms with Gasteiger partial charge in [-0.2, -0.15) is 0 Å². The fraction of sp³-hybridized carbons (Fsp3) is 0.722. The van der Waals surface area contributed by atoms with E-state index in [1.54, 1.807) is 0 Å². The molecule has 0 aromatic rings. The number of amides is 4. The van der Waals surface area contributed by atoms with Gasteiger partial charge in [-0.1, -0.05) is 0 Å². The average Bonchev–Trinajstić information content (AvgIpc) is 2.96. The molecule has 2 rings (SSSR count). The maximum absolute atomic E-state index is 12.3. The first kappa shape index (κ1) is 22.8. The lowest BCUT2D eigenvalue weighted by atomic mass is 10.2. The summed E-state index contributed by atoms with van der Waals surface area (Å²) in [6.07, 6.45) is -0.0415. The molecule has 11 nitrogen and oxygen atoms in total. The second-order valence-electron chi connectivity index (χ2n) is 7.43. The van der Waals surface area contributed by atoms with Crippen molar-refractivity contribution in [2.24, 2.45) is 0 Å². The Balaban J connectivity index is 1.60. The van der Waals surface area contributed by atoms with Gasteiger partial charge in [0.15, 0.2) is 0 Å². The van der Waals surface area contributed by atoms with E-state index in [1.807, 2.05) is 19.0 Å². The smallest absolute Gasteiger partial charge is 0.334 e. The van der Waals surface area contributed by atoms with Crippen LogP contribution in [0.1, 0.15) is 32.6 Å². The molecule has 2 saturated heterocycles. The highest BCUT2D eigenvalue weighted by molar-refractivity contribution is 6.01. The SMILES string of the molecule is CC1CN(C)C([13C](=O)[15NH][13CH2][13CH2][13C](=O)[15NH][13CH2][13CH2][13C](=O)ON2C(=O)CCC2=O)CN1C. The van der Waals surface area contributed by atoms with Crippen molar-refractivity contribution < 1.29 is 28.8 Å². The quantitative estimate of drug-likeness (QED) is 0.269. The molecular weight excluding hydrogens is 391 g/mol. The summed E-state index contributed by atoms with van der Waals surface area (Å²) in [5.74, 6) is -2.32. The molecule has 2 aliphatic rings. The zero-order chi connectivity index (χ0) is 21.6. The van der Waals surface area contributed by atoms with E-state index in [1.165, 1.54) is 0 Å². The third kappa shape index (κ3) is 6.50. The molecule has 0 radical (unpaired) electrons. The summed E-state index contributed by atoms with van der Waals surface area (Å²) in [5.41, 5.74) is 0. The third-order valence-corrected chi connectivity index (χ3v) is 5.10. The predicted molar refractivity (Wildman–Crippen MR) is 101 cm³/mol. The van der Waals surface area contributed by atoms with Crippen LogP contribution in [-0.2, 0) is 28.8 Å². The Morgan fingerprint density at radius 3 is 2.24 bits per heavy atom. The Bertz CT molecular complexity index is 653. The molecule has 2 atom stereocenters. The van der Waals surface area contributed by atoms with Crippen molar-refractivity contribution in [3.05, 3.63) is 0 Å². The lowest BCUT2D eigenvalue weighted by Crippen LogP contribution is -2.59. The first-order chi connectivity index (χ1) is 13.7. The molecule has 11 heteroatoms. The number of hydrogen-bond donors (Lipinski definition) is 2. The zero-order valence-electron chi connectivity index (χ0n) is 17.1. The van der Waals surface area contributed by atoms with E-state index in [9.17, 15) is 24.0 Å². The van der Waals surface area contributed by atoms with Crippen molar-refractivity contribution >= 4 is 29.6 Å². The number of carbonyl (C=O) groups excluding carboxylic acids is 5. The normalized spacial score (nSPS) is 23.2. The Kier molecular flexibility index (Phi) is 8.09. The van der Waals surface area contributed by atoms with Crippen molar-refractivity contribution in [2.75, 3.05) is 40.3 Å². The van der Waals surface area contributed by atoms with Crippen LogP contribution in [0.2, 0.25) is 0 Å². The van der Waals surface area contributed by atoms with Gasteiger partial charge in [0.25, 0.3) is 11.8 Å². The number of rotatable bonds is 8. The molecule has 29 heavy (non-hydrogen) atoms. The summed E-state index contributed by atoms with van der Waals surface area (Å²) in [6.45, 7) is 3.72. The molecule has 2 fully saturated rings. The number of hydrogen-bond acceptors (Lipinski definition) is 8. The highest BCUT2D eigenvalue weighted by atomic mass is 16.8. The number of nitrogens with zero attached hydrogens (tertiary/aromatic N) is 3. The number of carbonyl (C=O) groups is 5. The summed E-state index contributed by atoms with van der Waals surface area (Å²) in [6, 6.07) is 0.119. The first-order valence-corrected chi connectivity index (χ1v) is 9.70. The predicted octanol–water partition coefficient (Wildman–Crippen LogP) is -1.76. The van der Waals surface area contributed by atoms with E-state index in [0.29, 0.717) is 17.6 Å². The van der Waals surface area contributed by atoms with Gasteiger partial charge >= 0.3 is 5.97 Å². The minimum atomic E-state index is -0.777. The van der Waals surface area contributed by atoms with Crippen LogP contribution < -0.4 is 10.6 Å². The molecule has 4 amide bonds. The largest absolute Gasteiger partial charge is 0.355 e. The Hall–Kier alpha value is -2.53. The Morgan fingerprint density at radius 1 is 0.966 bits per heavy atom. The lowest BCUT2D eigenvalue weighted by Gasteiger charge is -2.41. The van der Waals surface area contributed by atoms with E-state index < -0.39 is 17.8 Å². The first-order valence-electron chi connectivity index (χ1n) is 9.70. The van der Waals surface area contributed by atoms with Crippen molar-refractivity contribution in [1.29, 1.82) is 0 Å². The van der Waals surface area contributed by atoms with Gasteiger partial charge in [-0.3, -0.25) is 24.1 Å². The fourth-order valence-electron chi connectivity index (χ4n) is 3.17. The van der Waals surface area contributed by atoms with Crippen LogP contribution in [-0.4, -0.2) is 96.8 Å². The molecule has 162 valence electrons. The van der Waals surface area contributed by atoms with E-state index in [2.05, 4.69) is 22.5 Å². The Labute approximate surface area is 169 Å². The molecule has 0 aliphatic carbocycles. The molecule has 2 heterocycles. The maximum Gasteiger partial charge on any atom is 0.334 e. The van der Waals surface area contributed by atoms with Gasteiger partial charge in [-0.05, 0) is 21.0 Å². The van der Waals surface area contributed by atoms with Crippen LogP contribution in [0, 0.1) is 0 Å².